The molecule has 0 amide bonds. The molecule has 0 spiro atoms. The summed E-state index contributed by atoms with van der Waals surface area (Å²) in [6, 6.07) is 4.87. The van der Waals surface area contributed by atoms with E-state index in [2.05, 4.69) is 5.10 Å². The normalized spacial score (nSPS) is 13.5. The molecule has 2 aromatic rings. The van der Waals surface area contributed by atoms with E-state index >= 15 is 0 Å². The zero-order valence-corrected chi connectivity index (χ0v) is 9.65. The molecule has 3 rings (SSSR count). The third kappa shape index (κ3) is 1.21. The highest BCUT2D eigenvalue weighted by molar-refractivity contribution is 6.38. The Labute approximate surface area is 102 Å². The van der Waals surface area contributed by atoms with Gasteiger partial charge < -0.3 is 0 Å². The fourth-order valence-electron chi connectivity index (χ4n) is 2.08. The number of fused-ring (bicyclic) bond motifs is 2. The van der Waals surface area contributed by atoms with Crippen LogP contribution in [0.15, 0.2) is 24.4 Å². The largest absolute Gasteiger partial charge is 0.288 e. The van der Waals surface area contributed by atoms with E-state index in [0.717, 1.165) is 0 Å². The van der Waals surface area contributed by atoms with Crippen LogP contribution in [0.1, 0.15) is 32.0 Å². The van der Waals surface area contributed by atoms with Gasteiger partial charge in [-0.3, -0.25) is 14.3 Å². The van der Waals surface area contributed by atoms with Gasteiger partial charge in [-0.1, -0.05) is 23.7 Å². The second kappa shape index (κ2) is 3.28. The number of nitrogens with zero attached hydrogens (tertiary/aromatic N) is 2. The average Bonchev–Trinajstić information content (AvgIpc) is 2.68. The first-order chi connectivity index (χ1) is 8.11. The van der Waals surface area contributed by atoms with E-state index in [9.17, 15) is 9.59 Å². The molecular weight excluding hydrogens is 240 g/mol. The van der Waals surface area contributed by atoms with Crippen LogP contribution in [-0.4, -0.2) is 21.3 Å². The molecule has 0 N–H and O–H groups in total. The molecule has 1 aromatic heterocycles. The van der Waals surface area contributed by atoms with Crippen molar-refractivity contribution in [1.82, 2.24) is 9.78 Å². The van der Waals surface area contributed by atoms with Crippen molar-refractivity contribution in [3.63, 3.8) is 0 Å². The van der Waals surface area contributed by atoms with Crippen LogP contribution >= 0.6 is 11.6 Å². The number of hydrogen-bond donors (Lipinski definition) is 0. The zero-order chi connectivity index (χ0) is 12.2. The summed E-state index contributed by atoms with van der Waals surface area (Å²) < 4.78 is 1.42. The van der Waals surface area contributed by atoms with Crippen molar-refractivity contribution in [2.45, 2.75) is 0 Å². The summed E-state index contributed by atoms with van der Waals surface area (Å²) in [6.45, 7) is 0. The first kappa shape index (κ1) is 10.2. The number of carbonyl (C=O) groups is 2. The third-order valence-electron chi connectivity index (χ3n) is 2.88. The second-order valence-corrected chi connectivity index (χ2v) is 4.26. The molecule has 84 valence electrons. The summed E-state index contributed by atoms with van der Waals surface area (Å²) in [4.78, 5) is 24.4. The monoisotopic (exact) mass is 246 g/mol. The molecule has 4 nitrogen and oxygen atoms in total. The molecule has 5 heteroatoms. The molecular formula is C12H7ClN2O2. The number of rotatable bonds is 0. The molecule has 0 atom stereocenters. The fourth-order valence-corrected chi connectivity index (χ4v) is 2.34. The molecule has 0 aliphatic heterocycles. The maximum Gasteiger partial charge on any atom is 0.212 e. The number of ketones is 2. The van der Waals surface area contributed by atoms with E-state index in [1.54, 1.807) is 25.2 Å². The van der Waals surface area contributed by atoms with Crippen molar-refractivity contribution >= 4 is 23.2 Å². The Balaban J connectivity index is 2.39. The van der Waals surface area contributed by atoms with Crippen LogP contribution < -0.4 is 0 Å². The SMILES string of the molecule is Cn1ncc2c1C(=O)c1cccc(Cl)c1C2=O. The van der Waals surface area contributed by atoms with Crippen molar-refractivity contribution < 1.29 is 9.59 Å². The Hall–Kier alpha value is -1.94. The number of aromatic nitrogens is 2. The minimum Gasteiger partial charge on any atom is -0.288 e. The van der Waals surface area contributed by atoms with Gasteiger partial charge in [0.15, 0.2) is 5.78 Å². The Morgan fingerprint density at radius 2 is 1.94 bits per heavy atom. The van der Waals surface area contributed by atoms with Gasteiger partial charge in [-0.05, 0) is 6.07 Å². The van der Waals surface area contributed by atoms with E-state index < -0.39 is 0 Å². The summed E-state index contributed by atoms with van der Waals surface area (Å²) in [6.07, 6.45) is 1.40. The highest BCUT2D eigenvalue weighted by Gasteiger charge is 2.33. The van der Waals surface area contributed by atoms with Gasteiger partial charge in [-0.15, -0.1) is 0 Å². The van der Waals surface area contributed by atoms with Crippen LogP contribution in [0.3, 0.4) is 0 Å². The lowest BCUT2D eigenvalue weighted by atomic mass is 9.88. The second-order valence-electron chi connectivity index (χ2n) is 3.85. The zero-order valence-electron chi connectivity index (χ0n) is 8.90. The van der Waals surface area contributed by atoms with Crippen LogP contribution in [0.2, 0.25) is 5.02 Å². The molecule has 1 aliphatic carbocycles. The molecule has 0 unspecified atom stereocenters. The molecule has 1 heterocycles. The van der Waals surface area contributed by atoms with Gasteiger partial charge in [-0.25, -0.2) is 0 Å². The first-order valence-corrected chi connectivity index (χ1v) is 5.39. The van der Waals surface area contributed by atoms with Crippen LogP contribution in [0.5, 0.6) is 0 Å². The summed E-state index contributed by atoms with van der Waals surface area (Å²) in [5, 5.41) is 4.24. The fraction of sp³-hybridized carbons (Fsp3) is 0.0833. The molecule has 0 radical (unpaired) electrons. The maximum absolute atomic E-state index is 12.2. The molecule has 0 saturated heterocycles. The number of hydrogen-bond acceptors (Lipinski definition) is 3. The molecule has 0 saturated carbocycles. The van der Waals surface area contributed by atoms with Crippen LogP contribution in [0, 0.1) is 0 Å². The third-order valence-corrected chi connectivity index (χ3v) is 3.20. The van der Waals surface area contributed by atoms with Gasteiger partial charge in [0.05, 0.1) is 22.3 Å². The van der Waals surface area contributed by atoms with E-state index in [-0.39, 0.29) is 17.1 Å². The quantitative estimate of drug-likeness (QED) is 0.608. The van der Waals surface area contributed by atoms with Gasteiger partial charge in [0.2, 0.25) is 5.78 Å². The van der Waals surface area contributed by atoms with E-state index in [4.69, 9.17) is 11.6 Å². The summed E-state index contributed by atoms with van der Waals surface area (Å²) >= 11 is 5.98. The minimum absolute atomic E-state index is 0.211. The van der Waals surface area contributed by atoms with Crippen molar-refractivity contribution in [1.29, 1.82) is 0 Å². The lowest BCUT2D eigenvalue weighted by molar-refractivity contribution is 0.0974. The number of halogens is 1. The van der Waals surface area contributed by atoms with Gasteiger partial charge in [0.1, 0.15) is 5.69 Å². The standard InChI is InChI=1S/C12H7ClN2O2/c1-15-10-7(5-14-15)11(16)9-6(12(10)17)3-2-4-8(9)13/h2-5H,1H3. The Morgan fingerprint density at radius 1 is 1.18 bits per heavy atom. The summed E-state index contributed by atoms with van der Waals surface area (Å²) in [5.41, 5.74) is 1.26. The molecule has 0 bridgehead atoms. The molecule has 0 fully saturated rings. The Morgan fingerprint density at radius 3 is 2.71 bits per heavy atom. The van der Waals surface area contributed by atoms with Crippen LogP contribution in [-0.2, 0) is 7.05 Å². The summed E-state index contributed by atoms with van der Waals surface area (Å²) in [7, 11) is 1.64. The number of benzene rings is 1. The van der Waals surface area contributed by atoms with Crippen molar-refractivity contribution in [2.24, 2.45) is 7.05 Å². The van der Waals surface area contributed by atoms with Gasteiger partial charge in [0.25, 0.3) is 0 Å². The van der Waals surface area contributed by atoms with E-state index in [1.807, 2.05) is 0 Å². The smallest absolute Gasteiger partial charge is 0.212 e. The molecule has 17 heavy (non-hydrogen) atoms. The van der Waals surface area contributed by atoms with Gasteiger partial charge in [0, 0.05) is 12.6 Å². The molecule has 1 aromatic carbocycles. The highest BCUT2D eigenvalue weighted by Crippen LogP contribution is 2.31. The lowest BCUT2D eigenvalue weighted by Gasteiger charge is -2.15. The maximum atomic E-state index is 12.2. The van der Waals surface area contributed by atoms with E-state index in [0.29, 0.717) is 21.8 Å². The highest BCUT2D eigenvalue weighted by atomic mass is 35.5. The van der Waals surface area contributed by atoms with Crippen LogP contribution in [0.25, 0.3) is 0 Å². The van der Waals surface area contributed by atoms with Crippen LogP contribution in [0.4, 0.5) is 0 Å². The predicted molar refractivity (Wildman–Crippen MR) is 61.5 cm³/mol. The van der Waals surface area contributed by atoms with Crippen molar-refractivity contribution in [3.05, 3.63) is 51.8 Å². The topological polar surface area (TPSA) is 52.0 Å². The summed E-state index contributed by atoms with van der Waals surface area (Å²) in [5.74, 6) is -0.453. The number of aryl methyl sites for hydroxylation is 1. The van der Waals surface area contributed by atoms with E-state index in [1.165, 1.54) is 10.9 Å². The average molecular weight is 247 g/mol. The Bertz CT molecular complexity index is 671. The lowest BCUT2D eigenvalue weighted by Crippen LogP contribution is -2.22. The predicted octanol–water partition coefficient (Wildman–Crippen LogP) is 1.85. The Kier molecular flexibility index (Phi) is 1.97. The molecule has 1 aliphatic rings. The number of carbonyl (C=O) groups excluding carboxylic acids is 2. The van der Waals surface area contributed by atoms with Gasteiger partial charge in [-0.2, -0.15) is 5.10 Å². The van der Waals surface area contributed by atoms with Crippen molar-refractivity contribution in [2.75, 3.05) is 0 Å². The minimum atomic E-state index is -0.242. The van der Waals surface area contributed by atoms with Gasteiger partial charge >= 0.3 is 0 Å². The first-order valence-electron chi connectivity index (χ1n) is 5.01. The van der Waals surface area contributed by atoms with Crippen molar-refractivity contribution in [3.8, 4) is 0 Å².